The number of hydrogen-bond donors (Lipinski definition) is 2. The van der Waals surface area contributed by atoms with E-state index in [2.05, 4.69) is 0 Å². The topological polar surface area (TPSA) is 58.9 Å². The van der Waals surface area contributed by atoms with Crippen molar-refractivity contribution < 1.29 is 19.7 Å². The summed E-state index contributed by atoms with van der Waals surface area (Å²) >= 11 is 0. The molecule has 1 aliphatic heterocycles. The van der Waals surface area contributed by atoms with Crippen LogP contribution in [0.2, 0.25) is 0 Å². The van der Waals surface area contributed by atoms with Gasteiger partial charge in [0.15, 0.2) is 6.29 Å². The summed E-state index contributed by atoms with van der Waals surface area (Å²) in [5.74, 6) is 0. The van der Waals surface area contributed by atoms with Gasteiger partial charge in [-0.3, -0.25) is 0 Å². The Balaban J connectivity index is 2.33. The molecule has 1 fully saturated rings. The Morgan fingerprint density at radius 2 is 2.20 bits per heavy atom. The van der Waals surface area contributed by atoms with Crippen molar-refractivity contribution in [3.8, 4) is 0 Å². The fourth-order valence-electron chi connectivity index (χ4n) is 0.935. The molecule has 4 nitrogen and oxygen atoms in total. The van der Waals surface area contributed by atoms with Crippen molar-refractivity contribution in [3.05, 3.63) is 0 Å². The van der Waals surface area contributed by atoms with Crippen LogP contribution in [0.25, 0.3) is 0 Å². The van der Waals surface area contributed by atoms with Crippen LogP contribution >= 0.6 is 0 Å². The van der Waals surface area contributed by atoms with Crippen LogP contribution in [0.4, 0.5) is 0 Å². The predicted molar refractivity (Wildman–Crippen MR) is 33.4 cm³/mol. The van der Waals surface area contributed by atoms with E-state index in [-0.39, 0.29) is 6.10 Å². The van der Waals surface area contributed by atoms with Crippen LogP contribution in [-0.2, 0) is 9.47 Å². The Morgan fingerprint density at radius 1 is 1.50 bits per heavy atom. The van der Waals surface area contributed by atoms with Gasteiger partial charge in [-0.15, -0.1) is 0 Å². The zero-order valence-corrected chi connectivity index (χ0v) is 5.86. The number of ether oxygens (including phenoxy) is 2. The lowest BCUT2D eigenvalue weighted by atomic mass is 10.1. The molecule has 0 aromatic heterocycles. The summed E-state index contributed by atoms with van der Waals surface area (Å²) in [6.07, 6.45) is -1.49. The highest BCUT2D eigenvalue weighted by Gasteiger charge is 2.27. The molecule has 1 saturated heterocycles. The number of hydrogen-bond acceptors (Lipinski definition) is 4. The first-order chi connectivity index (χ1) is 4.74. The fraction of sp³-hybridized carbons (Fsp3) is 1.00. The average Bonchev–Trinajstić information content (AvgIpc) is 1.95. The van der Waals surface area contributed by atoms with E-state index in [0.717, 1.165) is 0 Å². The highest BCUT2D eigenvalue weighted by atomic mass is 16.6. The van der Waals surface area contributed by atoms with E-state index < -0.39 is 12.4 Å². The summed E-state index contributed by atoms with van der Waals surface area (Å²) in [5, 5.41) is 17.9. The third-order valence-corrected chi connectivity index (χ3v) is 1.62. The SMILES string of the molecule is CO[C@@H]1CO[C@H](O)[C@H](O)C1. The number of methoxy groups -OCH3 is 1. The molecule has 60 valence electrons. The van der Waals surface area contributed by atoms with Crippen LogP contribution in [0.15, 0.2) is 0 Å². The number of aliphatic hydroxyl groups is 2. The highest BCUT2D eigenvalue weighted by molar-refractivity contribution is 4.71. The highest BCUT2D eigenvalue weighted by Crippen LogP contribution is 2.13. The lowest BCUT2D eigenvalue weighted by Gasteiger charge is -2.28. The van der Waals surface area contributed by atoms with E-state index in [4.69, 9.17) is 19.7 Å². The molecule has 0 aromatic carbocycles. The lowest BCUT2D eigenvalue weighted by molar-refractivity contribution is -0.215. The Bertz CT molecular complexity index is 106. The third-order valence-electron chi connectivity index (χ3n) is 1.62. The normalized spacial score (nSPS) is 41.7. The van der Waals surface area contributed by atoms with Gasteiger partial charge in [0.25, 0.3) is 0 Å². The van der Waals surface area contributed by atoms with Gasteiger partial charge in [0.1, 0.15) is 6.10 Å². The quantitative estimate of drug-likeness (QED) is 0.506. The van der Waals surface area contributed by atoms with Crippen molar-refractivity contribution in [3.63, 3.8) is 0 Å². The van der Waals surface area contributed by atoms with Gasteiger partial charge in [-0.05, 0) is 0 Å². The predicted octanol–water partition coefficient (Wildman–Crippen LogP) is -0.899. The monoisotopic (exact) mass is 148 g/mol. The van der Waals surface area contributed by atoms with Gasteiger partial charge in [-0.1, -0.05) is 0 Å². The van der Waals surface area contributed by atoms with Crippen LogP contribution in [-0.4, -0.2) is 42.4 Å². The first-order valence-electron chi connectivity index (χ1n) is 3.24. The van der Waals surface area contributed by atoms with Gasteiger partial charge < -0.3 is 19.7 Å². The molecule has 0 aliphatic carbocycles. The fourth-order valence-corrected chi connectivity index (χ4v) is 0.935. The lowest BCUT2D eigenvalue weighted by Crippen LogP contribution is -2.41. The molecule has 10 heavy (non-hydrogen) atoms. The van der Waals surface area contributed by atoms with Gasteiger partial charge in [-0.2, -0.15) is 0 Å². The summed E-state index contributed by atoms with van der Waals surface area (Å²) in [4.78, 5) is 0. The Morgan fingerprint density at radius 3 is 2.70 bits per heavy atom. The van der Waals surface area contributed by atoms with Gasteiger partial charge >= 0.3 is 0 Å². The standard InChI is InChI=1S/C6H12O4/c1-9-4-2-5(7)6(8)10-3-4/h4-8H,2-3H2,1H3/t4-,5+,6-/m0/s1. The molecule has 2 N–H and O–H groups in total. The molecule has 0 aromatic rings. The molecule has 1 heterocycles. The summed E-state index contributed by atoms with van der Waals surface area (Å²) in [7, 11) is 1.55. The second-order valence-electron chi connectivity index (χ2n) is 2.38. The third kappa shape index (κ3) is 1.67. The summed E-state index contributed by atoms with van der Waals surface area (Å²) < 4.78 is 9.69. The van der Waals surface area contributed by atoms with Crippen LogP contribution < -0.4 is 0 Å². The van der Waals surface area contributed by atoms with Crippen LogP contribution in [0.3, 0.4) is 0 Å². The Labute approximate surface area is 59.4 Å². The van der Waals surface area contributed by atoms with Gasteiger partial charge in [-0.25, -0.2) is 0 Å². The van der Waals surface area contributed by atoms with Crippen molar-refractivity contribution in [2.24, 2.45) is 0 Å². The van der Waals surface area contributed by atoms with Crippen LogP contribution in [0.5, 0.6) is 0 Å². The maximum Gasteiger partial charge on any atom is 0.181 e. The molecule has 4 heteroatoms. The zero-order chi connectivity index (χ0) is 7.56. The van der Waals surface area contributed by atoms with Crippen molar-refractivity contribution in [2.45, 2.75) is 24.9 Å². The number of aliphatic hydroxyl groups excluding tert-OH is 2. The second kappa shape index (κ2) is 3.30. The van der Waals surface area contributed by atoms with Crippen molar-refractivity contribution in [1.29, 1.82) is 0 Å². The van der Waals surface area contributed by atoms with Crippen molar-refractivity contribution >= 4 is 0 Å². The average molecular weight is 148 g/mol. The van der Waals surface area contributed by atoms with Gasteiger partial charge in [0.05, 0.1) is 12.7 Å². The molecule has 0 amide bonds. The Hall–Kier alpha value is -0.160. The maximum atomic E-state index is 9.02. The molecule has 0 bridgehead atoms. The number of rotatable bonds is 1. The molecule has 0 radical (unpaired) electrons. The molecule has 3 atom stereocenters. The van der Waals surface area contributed by atoms with Crippen LogP contribution in [0.1, 0.15) is 6.42 Å². The van der Waals surface area contributed by atoms with Crippen LogP contribution in [0, 0.1) is 0 Å². The smallest absolute Gasteiger partial charge is 0.181 e. The van der Waals surface area contributed by atoms with E-state index in [1.165, 1.54) is 0 Å². The Kier molecular flexibility index (Phi) is 2.62. The van der Waals surface area contributed by atoms with E-state index in [9.17, 15) is 0 Å². The zero-order valence-electron chi connectivity index (χ0n) is 5.86. The van der Waals surface area contributed by atoms with Gasteiger partial charge in [0, 0.05) is 13.5 Å². The molecule has 1 rings (SSSR count). The maximum absolute atomic E-state index is 9.02. The molecule has 1 aliphatic rings. The minimum Gasteiger partial charge on any atom is -0.388 e. The van der Waals surface area contributed by atoms with Crippen molar-refractivity contribution in [1.82, 2.24) is 0 Å². The van der Waals surface area contributed by atoms with Crippen molar-refractivity contribution in [2.75, 3.05) is 13.7 Å². The summed E-state index contributed by atoms with van der Waals surface area (Å²) in [6, 6.07) is 0. The van der Waals surface area contributed by atoms with Gasteiger partial charge in [0.2, 0.25) is 0 Å². The van der Waals surface area contributed by atoms with E-state index in [0.29, 0.717) is 13.0 Å². The second-order valence-corrected chi connectivity index (χ2v) is 2.38. The summed E-state index contributed by atoms with van der Waals surface area (Å²) in [5.41, 5.74) is 0. The van der Waals surface area contributed by atoms with E-state index in [1.807, 2.05) is 0 Å². The largest absolute Gasteiger partial charge is 0.388 e. The minimum atomic E-state index is -1.04. The minimum absolute atomic E-state index is 0.0848. The van der Waals surface area contributed by atoms with E-state index in [1.54, 1.807) is 7.11 Å². The van der Waals surface area contributed by atoms with E-state index >= 15 is 0 Å². The molecule has 0 spiro atoms. The molecular weight excluding hydrogens is 136 g/mol. The first-order valence-corrected chi connectivity index (χ1v) is 3.24. The molecule has 0 saturated carbocycles. The first kappa shape index (κ1) is 7.94. The molecule has 0 unspecified atom stereocenters. The molecular formula is C6H12O4. The summed E-state index contributed by atoms with van der Waals surface area (Å²) in [6.45, 7) is 0.356.